The third kappa shape index (κ3) is 4.56. The summed E-state index contributed by atoms with van der Waals surface area (Å²) in [6.45, 7) is -0.590. The van der Waals surface area contributed by atoms with Crippen molar-refractivity contribution in [2.24, 2.45) is 0 Å². The number of rotatable bonds is 7. The number of ether oxygens (including phenoxy) is 1. The van der Waals surface area contributed by atoms with Gasteiger partial charge >= 0.3 is 0 Å². The van der Waals surface area contributed by atoms with E-state index in [0.717, 1.165) is 16.5 Å². The smallest absolute Gasteiger partial charge is 0.272 e. The van der Waals surface area contributed by atoms with Gasteiger partial charge in [-0.25, -0.2) is 13.2 Å². The number of alkyl halides is 2. The van der Waals surface area contributed by atoms with Crippen molar-refractivity contribution in [1.82, 2.24) is 20.1 Å². The molecule has 9 heteroatoms. The van der Waals surface area contributed by atoms with Gasteiger partial charge in [0.15, 0.2) is 0 Å². The molecule has 0 atom stereocenters. The largest absolute Gasteiger partial charge is 0.487 e. The predicted molar refractivity (Wildman–Crippen MR) is 113 cm³/mol. The first-order valence-electron chi connectivity index (χ1n) is 9.74. The summed E-state index contributed by atoms with van der Waals surface area (Å²) < 4.78 is 44.5. The lowest BCUT2D eigenvalue weighted by atomic mass is 10.0. The van der Waals surface area contributed by atoms with E-state index in [4.69, 9.17) is 4.74 Å². The van der Waals surface area contributed by atoms with Crippen molar-refractivity contribution in [2.45, 2.75) is 13.0 Å². The minimum absolute atomic E-state index is 0.0764. The quantitative estimate of drug-likeness (QED) is 0.453. The lowest BCUT2D eigenvalue weighted by Crippen LogP contribution is -2.26. The monoisotopic (exact) mass is 440 g/mol. The number of aromatic nitrogens is 3. The summed E-state index contributed by atoms with van der Waals surface area (Å²) in [6, 6.07) is 10.2. The van der Waals surface area contributed by atoms with Gasteiger partial charge in [-0.15, -0.1) is 0 Å². The van der Waals surface area contributed by atoms with Gasteiger partial charge in [0.1, 0.15) is 18.2 Å². The van der Waals surface area contributed by atoms with Crippen molar-refractivity contribution in [2.75, 3.05) is 13.7 Å². The number of pyridine rings is 1. The SMILES string of the molecule is CN(Cc1cncc2cn[nH]c12)C(=O)c1ccc(-c2cccc(F)c2)c(OCC(F)F)c1. The molecule has 2 aromatic heterocycles. The number of carbonyl (C=O) groups is 1. The van der Waals surface area contributed by atoms with Gasteiger partial charge in [0.2, 0.25) is 0 Å². The number of nitrogens with zero attached hydrogens (tertiary/aromatic N) is 3. The lowest BCUT2D eigenvalue weighted by molar-refractivity contribution is 0.0780. The summed E-state index contributed by atoms with van der Waals surface area (Å²) in [7, 11) is 1.62. The summed E-state index contributed by atoms with van der Waals surface area (Å²) in [4.78, 5) is 18.7. The molecule has 6 nitrogen and oxygen atoms in total. The van der Waals surface area contributed by atoms with Crippen LogP contribution in [0.25, 0.3) is 22.0 Å². The van der Waals surface area contributed by atoms with Crippen LogP contribution < -0.4 is 4.74 Å². The molecular weight excluding hydrogens is 421 g/mol. The Balaban J connectivity index is 1.62. The maximum absolute atomic E-state index is 13.7. The van der Waals surface area contributed by atoms with Crippen LogP contribution in [0.1, 0.15) is 15.9 Å². The minimum Gasteiger partial charge on any atom is -0.487 e. The van der Waals surface area contributed by atoms with E-state index < -0.39 is 18.8 Å². The summed E-state index contributed by atoms with van der Waals surface area (Å²) >= 11 is 0. The summed E-state index contributed by atoms with van der Waals surface area (Å²) in [6.07, 6.45) is 2.27. The van der Waals surface area contributed by atoms with Crippen molar-refractivity contribution in [3.63, 3.8) is 0 Å². The zero-order valence-corrected chi connectivity index (χ0v) is 17.1. The van der Waals surface area contributed by atoms with E-state index in [-0.39, 0.29) is 23.8 Å². The Labute approximate surface area is 181 Å². The van der Waals surface area contributed by atoms with Crippen LogP contribution in [0.2, 0.25) is 0 Å². The molecule has 0 unspecified atom stereocenters. The standard InChI is InChI=1S/C23H19F3N4O2/c1-30(12-17-10-27-9-16-11-28-29-22(16)17)23(31)15-5-6-19(14-3-2-4-18(24)7-14)20(8-15)32-13-21(25)26/h2-11,21H,12-13H2,1H3,(H,28,29). The summed E-state index contributed by atoms with van der Waals surface area (Å²) in [5.74, 6) is -0.731. The Morgan fingerprint density at radius 3 is 2.78 bits per heavy atom. The van der Waals surface area contributed by atoms with E-state index in [1.165, 1.54) is 29.2 Å². The number of nitrogens with one attached hydrogen (secondary N) is 1. The van der Waals surface area contributed by atoms with Gasteiger partial charge in [-0.3, -0.25) is 14.9 Å². The van der Waals surface area contributed by atoms with E-state index in [0.29, 0.717) is 11.1 Å². The van der Waals surface area contributed by atoms with Gasteiger partial charge in [-0.05, 0) is 35.9 Å². The maximum atomic E-state index is 13.7. The van der Waals surface area contributed by atoms with Crippen LogP contribution in [-0.4, -0.2) is 46.1 Å². The fourth-order valence-corrected chi connectivity index (χ4v) is 3.41. The molecule has 4 rings (SSSR count). The topological polar surface area (TPSA) is 71.1 Å². The highest BCUT2D eigenvalue weighted by Crippen LogP contribution is 2.32. The van der Waals surface area contributed by atoms with Gasteiger partial charge in [0.05, 0.1) is 11.7 Å². The molecule has 0 saturated heterocycles. The number of carbonyl (C=O) groups excluding carboxylic acids is 1. The van der Waals surface area contributed by atoms with Crippen LogP contribution in [-0.2, 0) is 6.54 Å². The molecule has 0 saturated carbocycles. The zero-order valence-electron chi connectivity index (χ0n) is 17.1. The third-order valence-corrected chi connectivity index (χ3v) is 4.92. The zero-order chi connectivity index (χ0) is 22.7. The second-order valence-electron chi connectivity index (χ2n) is 7.22. The number of aromatic amines is 1. The first kappa shape index (κ1) is 21.4. The molecule has 164 valence electrons. The highest BCUT2D eigenvalue weighted by molar-refractivity contribution is 5.95. The first-order chi connectivity index (χ1) is 15.4. The third-order valence-electron chi connectivity index (χ3n) is 4.92. The van der Waals surface area contributed by atoms with Gasteiger partial charge in [-0.1, -0.05) is 12.1 Å². The van der Waals surface area contributed by atoms with E-state index in [9.17, 15) is 18.0 Å². The van der Waals surface area contributed by atoms with Crippen molar-refractivity contribution in [1.29, 1.82) is 0 Å². The molecule has 0 aliphatic rings. The van der Waals surface area contributed by atoms with Crippen LogP contribution in [0.3, 0.4) is 0 Å². The average Bonchev–Trinajstić information content (AvgIpc) is 3.27. The van der Waals surface area contributed by atoms with Crippen molar-refractivity contribution in [3.8, 4) is 16.9 Å². The van der Waals surface area contributed by atoms with Crippen LogP contribution in [0.5, 0.6) is 5.75 Å². The molecular formula is C23H19F3N4O2. The highest BCUT2D eigenvalue weighted by Gasteiger charge is 2.18. The van der Waals surface area contributed by atoms with E-state index >= 15 is 0 Å². The molecule has 0 bridgehead atoms. The van der Waals surface area contributed by atoms with Gasteiger partial charge < -0.3 is 9.64 Å². The van der Waals surface area contributed by atoms with E-state index in [1.807, 2.05) is 0 Å². The van der Waals surface area contributed by atoms with Crippen molar-refractivity contribution >= 4 is 16.8 Å². The molecule has 0 radical (unpaired) electrons. The molecule has 0 aliphatic carbocycles. The van der Waals surface area contributed by atoms with Crippen LogP contribution in [0.15, 0.2) is 61.1 Å². The Hall–Kier alpha value is -3.88. The van der Waals surface area contributed by atoms with Crippen molar-refractivity contribution < 1.29 is 22.7 Å². The lowest BCUT2D eigenvalue weighted by Gasteiger charge is -2.19. The molecule has 1 amide bonds. The molecule has 0 spiro atoms. The van der Waals surface area contributed by atoms with Gasteiger partial charge in [-0.2, -0.15) is 5.10 Å². The summed E-state index contributed by atoms with van der Waals surface area (Å²) in [5, 5.41) is 7.70. The van der Waals surface area contributed by atoms with E-state index in [2.05, 4.69) is 15.2 Å². The Morgan fingerprint density at radius 2 is 2.00 bits per heavy atom. The maximum Gasteiger partial charge on any atom is 0.272 e. The number of hydrogen-bond donors (Lipinski definition) is 1. The molecule has 1 N–H and O–H groups in total. The molecule has 0 aliphatic heterocycles. The molecule has 2 heterocycles. The van der Waals surface area contributed by atoms with Gasteiger partial charge in [0, 0.05) is 48.1 Å². The minimum atomic E-state index is -2.69. The predicted octanol–water partition coefficient (Wildman–Crippen LogP) is 4.68. The Bertz CT molecular complexity index is 1260. The second kappa shape index (κ2) is 9.09. The fraction of sp³-hybridized carbons (Fsp3) is 0.174. The second-order valence-corrected chi connectivity index (χ2v) is 7.22. The van der Waals surface area contributed by atoms with Crippen molar-refractivity contribution in [3.05, 3.63) is 78.0 Å². The molecule has 2 aromatic carbocycles. The number of H-pyrrole nitrogens is 1. The average molecular weight is 440 g/mol. The number of hydrogen-bond acceptors (Lipinski definition) is 4. The number of fused-ring (bicyclic) bond motifs is 1. The van der Waals surface area contributed by atoms with Crippen LogP contribution in [0, 0.1) is 5.82 Å². The fourth-order valence-electron chi connectivity index (χ4n) is 3.41. The molecule has 32 heavy (non-hydrogen) atoms. The normalized spacial score (nSPS) is 11.2. The number of benzene rings is 2. The number of amides is 1. The van der Waals surface area contributed by atoms with Crippen LogP contribution >= 0.6 is 0 Å². The van der Waals surface area contributed by atoms with Crippen LogP contribution in [0.4, 0.5) is 13.2 Å². The highest BCUT2D eigenvalue weighted by atomic mass is 19.3. The van der Waals surface area contributed by atoms with Gasteiger partial charge in [0.25, 0.3) is 12.3 Å². The Morgan fingerprint density at radius 1 is 1.16 bits per heavy atom. The Kier molecular flexibility index (Phi) is 6.07. The molecule has 0 fully saturated rings. The summed E-state index contributed by atoms with van der Waals surface area (Å²) in [5.41, 5.74) is 2.68. The first-order valence-corrected chi connectivity index (χ1v) is 9.74. The number of halogens is 3. The van der Waals surface area contributed by atoms with E-state index in [1.54, 1.807) is 43.8 Å². The molecule has 4 aromatic rings.